The number of anilines is 1. The molecule has 0 saturated carbocycles. The fraction of sp³-hybridized carbons (Fsp3) is 0.211. The second kappa shape index (κ2) is 6.64. The number of fused-ring (bicyclic) bond motifs is 2. The van der Waals surface area contributed by atoms with Crippen LogP contribution in [0.15, 0.2) is 48.5 Å². The van der Waals surface area contributed by atoms with Crippen LogP contribution in [0.3, 0.4) is 0 Å². The van der Waals surface area contributed by atoms with E-state index in [1.54, 1.807) is 0 Å². The molecule has 0 bridgehead atoms. The molecule has 0 aliphatic carbocycles. The minimum Gasteiger partial charge on any atom is -0.457 e. The van der Waals surface area contributed by atoms with E-state index in [0.717, 1.165) is 29.0 Å². The average molecular weight is 351 g/mol. The van der Waals surface area contributed by atoms with Crippen molar-refractivity contribution in [1.29, 1.82) is 0 Å². The zero-order valence-electron chi connectivity index (χ0n) is 13.7. The van der Waals surface area contributed by atoms with Crippen LogP contribution in [0.2, 0.25) is 0 Å². The number of benzene rings is 2. The van der Waals surface area contributed by atoms with Crippen molar-refractivity contribution in [1.82, 2.24) is 10.2 Å². The van der Waals surface area contributed by atoms with Crippen LogP contribution in [-0.4, -0.2) is 16.1 Å². The van der Waals surface area contributed by atoms with Crippen LogP contribution in [0.4, 0.5) is 5.13 Å². The van der Waals surface area contributed by atoms with Crippen molar-refractivity contribution in [3.8, 4) is 11.5 Å². The van der Waals surface area contributed by atoms with E-state index in [-0.39, 0.29) is 5.91 Å². The van der Waals surface area contributed by atoms with Gasteiger partial charge in [-0.3, -0.25) is 10.1 Å². The predicted octanol–water partition coefficient (Wildman–Crippen LogP) is 4.37. The first-order valence-corrected chi connectivity index (χ1v) is 9.07. The number of amides is 1. The lowest BCUT2D eigenvalue weighted by Gasteiger charge is -2.27. The summed E-state index contributed by atoms with van der Waals surface area (Å²) in [5, 5.41) is 12.6. The summed E-state index contributed by atoms with van der Waals surface area (Å²) in [5.74, 6) is 0.873. The minimum atomic E-state index is -0.431. The highest BCUT2D eigenvalue weighted by molar-refractivity contribution is 7.15. The maximum Gasteiger partial charge on any atom is 0.238 e. The molecule has 0 unspecified atom stereocenters. The monoisotopic (exact) mass is 351 g/mol. The van der Waals surface area contributed by atoms with Gasteiger partial charge in [-0.15, -0.1) is 10.2 Å². The van der Waals surface area contributed by atoms with Crippen molar-refractivity contribution in [3.05, 3.63) is 64.7 Å². The molecule has 1 amide bonds. The first-order valence-electron chi connectivity index (χ1n) is 8.25. The zero-order valence-corrected chi connectivity index (χ0v) is 14.5. The van der Waals surface area contributed by atoms with Crippen LogP contribution in [0.1, 0.15) is 35.4 Å². The molecule has 0 spiro atoms. The molecule has 5 nitrogen and oxygen atoms in total. The van der Waals surface area contributed by atoms with Gasteiger partial charge in [-0.25, -0.2) is 0 Å². The number of carbonyl (C=O) groups excluding carboxylic acids is 1. The van der Waals surface area contributed by atoms with E-state index in [9.17, 15) is 4.79 Å². The molecule has 6 heteroatoms. The first kappa shape index (κ1) is 15.8. The van der Waals surface area contributed by atoms with Gasteiger partial charge in [0.05, 0.1) is 5.92 Å². The molecule has 0 fully saturated rings. The van der Waals surface area contributed by atoms with Gasteiger partial charge in [-0.05, 0) is 18.6 Å². The van der Waals surface area contributed by atoms with Gasteiger partial charge in [0.2, 0.25) is 11.0 Å². The fourth-order valence-corrected chi connectivity index (χ4v) is 3.83. The number of hydrogen-bond acceptors (Lipinski definition) is 5. The number of nitrogens with zero attached hydrogens (tertiary/aromatic N) is 2. The first-order chi connectivity index (χ1) is 12.3. The van der Waals surface area contributed by atoms with Gasteiger partial charge in [0.15, 0.2) is 0 Å². The third kappa shape index (κ3) is 3.00. The third-order valence-electron chi connectivity index (χ3n) is 4.10. The fourth-order valence-electron chi connectivity index (χ4n) is 2.99. The lowest BCUT2D eigenvalue weighted by Crippen LogP contribution is -2.25. The smallest absolute Gasteiger partial charge is 0.238 e. The molecule has 0 saturated heterocycles. The number of carbonyl (C=O) groups is 1. The van der Waals surface area contributed by atoms with Gasteiger partial charge >= 0.3 is 0 Å². The Labute approximate surface area is 149 Å². The molecule has 1 aliphatic rings. The molecule has 126 valence electrons. The van der Waals surface area contributed by atoms with E-state index in [4.69, 9.17) is 4.74 Å². The van der Waals surface area contributed by atoms with E-state index >= 15 is 0 Å². The maximum absolute atomic E-state index is 13.0. The molecule has 1 N–H and O–H groups in total. The summed E-state index contributed by atoms with van der Waals surface area (Å²) < 4.78 is 5.94. The Morgan fingerprint density at radius 1 is 1.08 bits per heavy atom. The summed E-state index contributed by atoms with van der Waals surface area (Å²) in [6.07, 6.45) is 1.87. The summed E-state index contributed by atoms with van der Waals surface area (Å²) in [6, 6.07) is 15.3. The predicted molar refractivity (Wildman–Crippen MR) is 97.3 cm³/mol. The SMILES string of the molecule is CCCc1nnc(NC(=O)C2c3ccccc3Oc3ccccc32)s1. The minimum absolute atomic E-state index is 0.123. The topological polar surface area (TPSA) is 64.1 Å². The van der Waals surface area contributed by atoms with E-state index in [0.29, 0.717) is 16.6 Å². The van der Waals surface area contributed by atoms with Gasteiger partial charge in [0.1, 0.15) is 16.5 Å². The number of aryl methyl sites for hydroxylation is 1. The summed E-state index contributed by atoms with van der Waals surface area (Å²) in [4.78, 5) is 13.0. The number of aromatic nitrogens is 2. The van der Waals surface area contributed by atoms with Crippen LogP contribution in [0.5, 0.6) is 11.5 Å². The Morgan fingerprint density at radius 3 is 2.36 bits per heavy atom. The number of para-hydroxylation sites is 2. The maximum atomic E-state index is 13.0. The third-order valence-corrected chi connectivity index (χ3v) is 5.00. The number of hydrogen-bond donors (Lipinski definition) is 1. The molecule has 0 atom stereocenters. The highest BCUT2D eigenvalue weighted by Crippen LogP contribution is 2.44. The van der Waals surface area contributed by atoms with Crippen LogP contribution in [0.25, 0.3) is 0 Å². The van der Waals surface area contributed by atoms with Gasteiger partial charge < -0.3 is 4.74 Å². The van der Waals surface area contributed by atoms with Gasteiger partial charge in [0.25, 0.3) is 0 Å². The van der Waals surface area contributed by atoms with Gasteiger partial charge in [-0.1, -0.05) is 54.7 Å². The molecule has 2 heterocycles. The Morgan fingerprint density at radius 2 is 1.72 bits per heavy atom. The Bertz CT molecular complexity index is 877. The standard InChI is InChI=1S/C19H17N3O2S/c1-2-7-16-21-22-19(25-16)20-18(23)17-12-8-3-5-10-14(12)24-15-11-6-4-9-13(15)17/h3-6,8-11,17H,2,7H2,1H3,(H,20,22,23). The number of ether oxygens (including phenoxy) is 1. The van der Waals surface area contributed by atoms with Crippen molar-refractivity contribution >= 4 is 22.4 Å². The normalized spacial score (nSPS) is 12.8. The van der Waals surface area contributed by atoms with E-state index in [1.165, 1.54) is 11.3 Å². The van der Waals surface area contributed by atoms with Crippen LogP contribution < -0.4 is 10.1 Å². The van der Waals surface area contributed by atoms with Crippen LogP contribution >= 0.6 is 11.3 Å². The van der Waals surface area contributed by atoms with Gasteiger partial charge in [0, 0.05) is 17.5 Å². The van der Waals surface area contributed by atoms with Crippen LogP contribution in [0, 0.1) is 0 Å². The molecule has 3 aromatic rings. The second-order valence-corrected chi connectivity index (χ2v) is 6.91. The number of rotatable bonds is 4. The van der Waals surface area contributed by atoms with Crippen molar-refractivity contribution in [2.75, 3.05) is 5.32 Å². The molecule has 2 aromatic carbocycles. The summed E-state index contributed by atoms with van der Waals surface area (Å²) in [6.45, 7) is 2.09. The summed E-state index contributed by atoms with van der Waals surface area (Å²) in [5.41, 5.74) is 1.72. The molecular weight excluding hydrogens is 334 g/mol. The highest BCUT2D eigenvalue weighted by Gasteiger charge is 2.32. The van der Waals surface area contributed by atoms with Crippen molar-refractivity contribution < 1.29 is 9.53 Å². The largest absolute Gasteiger partial charge is 0.457 e. The average Bonchev–Trinajstić information content (AvgIpc) is 3.06. The summed E-state index contributed by atoms with van der Waals surface area (Å²) in [7, 11) is 0. The van der Waals surface area contributed by atoms with Gasteiger partial charge in [-0.2, -0.15) is 0 Å². The number of nitrogens with one attached hydrogen (secondary N) is 1. The van der Waals surface area contributed by atoms with E-state index in [2.05, 4.69) is 22.4 Å². The molecule has 25 heavy (non-hydrogen) atoms. The Kier molecular flexibility index (Phi) is 4.19. The van der Waals surface area contributed by atoms with Crippen molar-refractivity contribution in [2.45, 2.75) is 25.7 Å². The quantitative estimate of drug-likeness (QED) is 0.758. The lowest BCUT2D eigenvalue weighted by atomic mass is 9.87. The molecule has 1 aromatic heterocycles. The molecule has 1 aliphatic heterocycles. The Balaban J connectivity index is 1.67. The zero-order chi connectivity index (χ0) is 17.2. The molecule has 0 radical (unpaired) electrons. The molecule has 4 rings (SSSR count). The van der Waals surface area contributed by atoms with Crippen LogP contribution in [-0.2, 0) is 11.2 Å². The highest BCUT2D eigenvalue weighted by atomic mass is 32.1. The van der Waals surface area contributed by atoms with E-state index < -0.39 is 5.92 Å². The Hall–Kier alpha value is -2.73. The lowest BCUT2D eigenvalue weighted by molar-refractivity contribution is -0.116. The van der Waals surface area contributed by atoms with Crippen molar-refractivity contribution in [2.24, 2.45) is 0 Å². The second-order valence-electron chi connectivity index (χ2n) is 5.85. The van der Waals surface area contributed by atoms with E-state index in [1.807, 2.05) is 48.5 Å². The van der Waals surface area contributed by atoms with Crippen molar-refractivity contribution in [3.63, 3.8) is 0 Å². The summed E-state index contributed by atoms with van der Waals surface area (Å²) >= 11 is 1.43. The molecular formula is C19H17N3O2S.